The van der Waals surface area contributed by atoms with E-state index in [1.54, 1.807) is 36.9 Å². The molecule has 0 amide bonds. The fourth-order valence-electron chi connectivity index (χ4n) is 6.46. The Morgan fingerprint density at radius 2 is 1.12 bits per heavy atom. The molecule has 0 unspecified atom stereocenters. The third-order valence-electron chi connectivity index (χ3n) is 9.85. The first-order valence-corrected chi connectivity index (χ1v) is 20.1. The molecule has 6 aromatic rings. The molecule has 0 aromatic heterocycles. The molecule has 0 heterocycles. The summed E-state index contributed by atoms with van der Waals surface area (Å²) in [6.07, 6.45) is 5.15. The Bertz CT molecular complexity index is 2640. The topological polar surface area (TPSA) is 0 Å². The van der Waals surface area contributed by atoms with E-state index >= 15 is 8.78 Å². The standard InChI is InChI=1S/C29H12BF10Si.C10H9.C8H13.Zr/c1-41(11-6-3-2-4-7-11)10-14-16(18-22(33)26(37)29(40)27(38)23(18)34)15-12(8-5-9-13(15)19(14)30)17-20(31)24(35)28(39)25(36)21(17)32;1-8-6-9-4-2-3-5-10(9)7-8;1-5-7(3)8(4)6-2;/h2-10H,1H3;2-7H,1H3;5H,1-4H3;/q;2*-1;+2. The number of hydrogen-bond acceptors (Lipinski definition) is 0. The van der Waals surface area contributed by atoms with E-state index in [9.17, 15) is 35.1 Å². The normalized spacial score (nSPS) is 12.8. The van der Waals surface area contributed by atoms with E-state index < -0.39 is 94.4 Å². The Morgan fingerprint density at radius 3 is 1.62 bits per heavy atom. The van der Waals surface area contributed by atoms with Crippen LogP contribution in [0.5, 0.6) is 0 Å². The zero-order chi connectivity index (χ0) is 43.5. The summed E-state index contributed by atoms with van der Waals surface area (Å²) in [4.78, 5) is 0. The SMILES string of the molecule is C[C-]=C(C)C(C)=CC.Cc1cc2ccccc2[cH-]1.[B]=C1C(C=[Si](C)c2ccccc2)=C(c2c(F)c(F)c(F)c(F)c2F)c2c1cccc2-c1c(F)c(F)c(F)c(F)c1F.[Zr+2]. The van der Waals surface area contributed by atoms with Crippen molar-refractivity contribution in [1.29, 1.82) is 0 Å². The van der Waals surface area contributed by atoms with E-state index in [0.717, 1.165) is 17.3 Å². The maximum atomic E-state index is 15.3. The Morgan fingerprint density at radius 1 is 0.633 bits per heavy atom. The van der Waals surface area contributed by atoms with Crippen LogP contribution >= 0.6 is 0 Å². The molecular formula is C47H34BF10SiZr. The van der Waals surface area contributed by atoms with Gasteiger partial charge in [-0.15, -0.1) is 54.4 Å². The molecule has 0 N–H and O–H groups in total. The molecule has 13 heteroatoms. The molecule has 7 rings (SSSR count). The minimum atomic E-state index is -2.46. The number of benzene rings is 5. The molecule has 0 nitrogen and oxygen atoms in total. The van der Waals surface area contributed by atoms with Gasteiger partial charge in [-0.1, -0.05) is 26.8 Å². The van der Waals surface area contributed by atoms with Crippen LogP contribution in [0.4, 0.5) is 43.9 Å². The fourth-order valence-corrected chi connectivity index (χ4v) is 8.08. The van der Waals surface area contributed by atoms with Gasteiger partial charge in [-0.25, -0.2) is 11.1 Å². The second-order valence-corrected chi connectivity index (χ2v) is 15.8. The Labute approximate surface area is 363 Å². The zero-order valence-electron chi connectivity index (χ0n) is 33.1. The molecule has 1 radical (unpaired) electrons. The van der Waals surface area contributed by atoms with Gasteiger partial charge in [0.05, 0.1) is 0 Å². The molecule has 303 valence electrons. The summed E-state index contributed by atoms with van der Waals surface area (Å²) in [5, 5.41) is 3.44. The smallest absolute Gasteiger partial charge is 2.00 e. The largest absolute Gasteiger partial charge is 2.00 e. The summed E-state index contributed by atoms with van der Waals surface area (Å²) < 4.78 is 145. The number of halogens is 10. The van der Waals surface area contributed by atoms with Crippen molar-refractivity contribution >= 4 is 48.6 Å². The molecule has 1 aliphatic carbocycles. The minimum absolute atomic E-state index is 0. The number of hydrogen-bond donors (Lipinski definition) is 0. The van der Waals surface area contributed by atoms with Crippen LogP contribution in [-0.4, -0.2) is 27.0 Å². The van der Waals surface area contributed by atoms with Gasteiger partial charge in [0, 0.05) is 0 Å². The van der Waals surface area contributed by atoms with Crippen LogP contribution in [0, 0.1) is 71.2 Å². The van der Waals surface area contributed by atoms with E-state index in [1.807, 2.05) is 13.8 Å². The summed E-state index contributed by atoms with van der Waals surface area (Å²) in [5.74, 6) is -23.2. The first kappa shape index (κ1) is 47.8. The first-order chi connectivity index (χ1) is 28.0. The van der Waals surface area contributed by atoms with Gasteiger partial charge in [0.2, 0.25) is 0 Å². The van der Waals surface area contributed by atoms with Gasteiger partial charge >= 0.3 is 255 Å². The molecule has 0 fully saturated rings. The van der Waals surface area contributed by atoms with E-state index in [2.05, 4.69) is 69.3 Å². The van der Waals surface area contributed by atoms with Crippen LogP contribution in [0.25, 0.3) is 27.5 Å². The molecule has 1 aliphatic rings. The molecule has 0 spiro atoms. The van der Waals surface area contributed by atoms with Crippen molar-refractivity contribution in [2.45, 2.75) is 41.2 Å². The summed E-state index contributed by atoms with van der Waals surface area (Å²) in [6.45, 7) is 12.0. The van der Waals surface area contributed by atoms with Crippen LogP contribution in [0.15, 0.2) is 108 Å². The van der Waals surface area contributed by atoms with Crippen molar-refractivity contribution < 1.29 is 70.1 Å². The number of fused-ring (bicyclic) bond motifs is 2. The van der Waals surface area contributed by atoms with Gasteiger partial charge in [0.15, 0.2) is 0 Å². The second-order valence-electron chi connectivity index (χ2n) is 13.5. The van der Waals surface area contributed by atoms with Crippen LogP contribution in [0.2, 0.25) is 6.55 Å². The Kier molecular flexibility index (Phi) is 16.0. The van der Waals surface area contributed by atoms with E-state index in [1.165, 1.54) is 39.2 Å². The van der Waals surface area contributed by atoms with Crippen LogP contribution in [0.3, 0.4) is 0 Å². The van der Waals surface area contributed by atoms with E-state index in [4.69, 9.17) is 7.49 Å². The quantitative estimate of drug-likeness (QED) is 0.0404. The molecule has 6 aromatic carbocycles. The van der Waals surface area contributed by atoms with E-state index in [-0.39, 0.29) is 42.8 Å². The fraction of sp³-hybridized carbons (Fsp3) is 0.128. The molecular weight excluding hydrogens is 885 g/mol. The van der Waals surface area contributed by atoms with Crippen molar-refractivity contribution in [2.24, 2.45) is 0 Å². The third-order valence-corrected chi connectivity index (χ3v) is 11.8. The van der Waals surface area contributed by atoms with Crippen molar-refractivity contribution in [3.8, 4) is 11.1 Å². The van der Waals surface area contributed by atoms with Crippen molar-refractivity contribution in [3.63, 3.8) is 0 Å². The maximum Gasteiger partial charge on any atom is 2.00 e. The predicted octanol–water partition coefficient (Wildman–Crippen LogP) is 12.3. The summed E-state index contributed by atoms with van der Waals surface area (Å²) in [6, 6.07) is 24.6. The molecule has 0 bridgehead atoms. The Balaban J connectivity index is 0.000000343. The van der Waals surface area contributed by atoms with Gasteiger partial charge in [-0.05, 0) is 0 Å². The summed E-state index contributed by atoms with van der Waals surface area (Å²) in [7, 11) is 4.49. The monoisotopic (exact) mass is 917 g/mol. The maximum absolute atomic E-state index is 15.3. The average Bonchev–Trinajstić information content (AvgIpc) is 3.76. The Hall–Kier alpha value is -4.87. The van der Waals surface area contributed by atoms with Gasteiger partial charge in [0.1, 0.15) is 0 Å². The van der Waals surface area contributed by atoms with Crippen molar-refractivity contribution in [1.82, 2.24) is 0 Å². The van der Waals surface area contributed by atoms with Gasteiger partial charge < -0.3 is 0 Å². The molecule has 0 saturated carbocycles. The second kappa shape index (κ2) is 20.1. The van der Waals surface area contributed by atoms with Crippen LogP contribution in [0.1, 0.15) is 49.9 Å². The zero-order valence-corrected chi connectivity index (χ0v) is 36.6. The van der Waals surface area contributed by atoms with Gasteiger partial charge in [-0.2, -0.15) is 12.1 Å². The summed E-state index contributed by atoms with van der Waals surface area (Å²) >= 11 is 0. The minimum Gasteiger partial charge on any atom is 2.00 e. The van der Waals surface area contributed by atoms with Crippen LogP contribution in [-0.2, 0) is 26.2 Å². The van der Waals surface area contributed by atoms with Gasteiger partial charge in [-0.3, -0.25) is 6.08 Å². The number of aryl methyl sites for hydroxylation is 1. The molecule has 0 saturated heterocycles. The molecule has 60 heavy (non-hydrogen) atoms. The van der Waals surface area contributed by atoms with Gasteiger partial charge in [0.25, 0.3) is 0 Å². The van der Waals surface area contributed by atoms with Crippen molar-refractivity contribution in [3.05, 3.63) is 194 Å². The summed E-state index contributed by atoms with van der Waals surface area (Å²) in [5.41, 5.74) is -0.413. The third kappa shape index (κ3) is 9.37. The molecule has 0 aliphatic heterocycles. The number of allylic oxidation sites excluding steroid dienone is 5. The van der Waals surface area contributed by atoms with Crippen molar-refractivity contribution in [2.75, 3.05) is 0 Å². The average molecular weight is 919 g/mol. The number of rotatable bonds is 5. The molecule has 0 atom stereocenters. The van der Waals surface area contributed by atoms with E-state index in [0.29, 0.717) is 0 Å². The first-order valence-electron chi connectivity index (χ1n) is 18.0. The predicted molar refractivity (Wildman–Crippen MR) is 219 cm³/mol. The van der Waals surface area contributed by atoms with Crippen LogP contribution < -0.4 is 5.19 Å².